The van der Waals surface area contributed by atoms with Gasteiger partial charge in [-0.05, 0) is 80.5 Å². The Hall–Kier alpha value is -4.36. The first-order valence-corrected chi connectivity index (χ1v) is 14.8. The van der Waals surface area contributed by atoms with Crippen molar-refractivity contribution in [3.63, 3.8) is 0 Å². The summed E-state index contributed by atoms with van der Waals surface area (Å²) in [5.74, 6) is -1.31. The van der Waals surface area contributed by atoms with E-state index in [1.54, 1.807) is 60.7 Å². The van der Waals surface area contributed by atoms with Gasteiger partial charge in [0.25, 0.3) is 0 Å². The fourth-order valence-corrected chi connectivity index (χ4v) is 6.38. The number of halogens is 1. The molecule has 4 aromatic rings. The minimum atomic E-state index is -0.671. The molecule has 3 atom stereocenters. The van der Waals surface area contributed by atoms with Crippen LogP contribution >= 0.6 is 11.6 Å². The second kappa shape index (κ2) is 11.4. The van der Waals surface area contributed by atoms with Crippen LogP contribution in [0.1, 0.15) is 58.0 Å². The number of benzene rings is 3. The van der Waals surface area contributed by atoms with E-state index in [2.05, 4.69) is 6.92 Å². The van der Waals surface area contributed by atoms with Crippen molar-refractivity contribution in [3.8, 4) is 11.3 Å². The predicted octanol–water partition coefficient (Wildman–Crippen LogP) is 7.14. The van der Waals surface area contributed by atoms with E-state index in [1.807, 2.05) is 19.9 Å². The zero-order chi connectivity index (χ0) is 30.4. The highest BCUT2D eigenvalue weighted by Crippen LogP contribution is 2.42. The molecule has 218 valence electrons. The van der Waals surface area contributed by atoms with Crippen molar-refractivity contribution in [2.24, 2.45) is 17.8 Å². The Bertz CT molecular complexity index is 1800. The maximum absolute atomic E-state index is 13.3. The number of hydrogen-bond acceptors (Lipinski definition) is 6. The van der Waals surface area contributed by atoms with Crippen LogP contribution in [0.3, 0.4) is 0 Å². The molecule has 1 aromatic heterocycles. The lowest BCUT2D eigenvalue weighted by Crippen LogP contribution is -2.30. The van der Waals surface area contributed by atoms with Crippen molar-refractivity contribution >= 4 is 51.8 Å². The number of para-hydroxylation sites is 1. The number of imide groups is 1. The Morgan fingerprint density at radius 2 is 1.67 bits per heavy atom. The molecule has 1 saturated carbocycles. The number of rotatable bonds is 6. The number of carbonyl (C=O) groups is 4. The normalized spacial score (nSPS) is 19.9. The van der Waals surface area contributed by atoms with Gasteiger partial charge in [-0.2, -0.15) is 0 Å². The van der Waals surface area contributed by atoms with E-state index in [1.165, 1.54) is 4.90 Å². The second-order valence-corrected chi connectivity index (χ2v) is 12.1. The van der Waals surface area contributed by atoms with E-state index in [9.17, 15) is 19.2 Å². The van der Waals surface area contributed by atoms with Crippen LogP contribution in [-0.4, -0.2) is 35.2 Å². The van der Waals surface area contributed by atoms with E-state index in [0.29, 0.717) is 44.4 Å². The molecule has 2 heterocycles. The highest BCUT2D eigenvalue weighted by Gasteiger charge is 2.49. The number of fused-ring (bicyclic) bond motifs is 2. The molecule has 1 aliphatic heterocycles. The number of ether oxygens (including phenoxy) is 1. The Balaban J connectivity index is 1.28. The van der Waals surface area contributed by atoms with Crippen LogP contribution in [0.2, 0.25) is 5.02 Å². The summed E-state index contributed by atoms with van der Waals surface area (Å²) in [6.45, 7) is 5.61. The standard InChI is InChI=1S/C35H31ClN2O5/c1-19-7-14-26-27(15-19)34(41)38(33(26)40)24-12-10-22(11-13-24)30-17-28(25-5-4-6-29(36)32(25)37-30)35(42)43-18-31(39)23-9-8-20(2)21(3)16-23/h4-6,8-13,16-17,19,26-27H,7,14-15,18H2,1-3H3. The molecule has 0 radical (unpaired) electrons. The number of esters is 1. The molecule has 43 heavy (non-hydrogen) atoms. The first kappa shape index (κ1) is 28.7. The summed E-state index contributed by atoms with van der Waals surface area (Å²) < 4.78 is 5.48. The maximum atomic E-state index is 13.3. The van der Waals surface area contributed by atoms with Gasteiger partial charge in [0.1, 0.15) is 0 Å². The van der Waals surface area contributed by atoms with Gasteiger partial charge < -0.3 is 4.74 Å². The zero-order valence-corrected chi connectivity index (χ0v) is 25.0. The SMILES string of the molecule is Cc1ccc(C(=O)COC(=O)c2cc(-c3ccc(N4C(=O)C5CCC(C)CC5C4=O)cc3)nc3c(Cl)cccc23)cc1C. The minimum absolute atomic E-state index is 0.134. The van der Waals surface area contributed by atoms with E-state index in [-0.39, 0.29) is 35.0 Å². The van der Waals surface area contributed by atoms with Gasteiger partial charge in [0.05, 0.1) is 39.3 Å². The van der Waals surface area contributed by atoms with Crippen LogP contribution in [0, 0.1) is 31.6 Å². The molecule has 0 bridgehead atoms. The van der Waals surface area contributed by atoms with Crippen molar-refractivity contribution < 1.29 is 23.9 Å². The molecule has 2 amide bonds. The minimum Gasteiger partial charge on any atom is -0.454 e. The van der Waals surface area contributed by atoms with Crippen molar-refractivity contribution in [1.82, 2.24) is 4.98 Å². The van der Waals surface area contributed by atoms with Crippen molar-refractivity contribution in [1.29, 1.82) is 0 Å². The average molecular weight is 595 g/mol. The summed E-state index contributed by atoms with van der Waals surface area (Å²) in [5.41, 5.74) is 4.81. The molecule has 6 rings (SSSR count). The van der Waals surface area contributed by atoms with Crippen LogP contribution in [0.25, 0.3) is 22.2 Å². The molecule has 3 aromatic carbocycles. The molecule has 2 fully saturated rings. The molecular weight excluding hydrogens is 564 g/mol. The molecule has 2 aliphatic rings. The quantitative estimate of drug-likeness (QED) is 0.134. The smallest absolute Gasteiger partial charge is 0.339 e. The number of anilines is 1. The topological polar surface area (TPSA) is 93.6 Å². The monoisotopic (exact) mass is 594 g/mol. The van der Waals surface area contributed by atoms with Gasteiger partial charge >= 0.3 is 5.97 Å². The van der Waals surface area contributed by atoms with Gasteiger partial charge in [0.2, 0.25) is 11.8 Å². The van der Waals surface area contributed by atoms with Gasteiger partial charge in [-0.25, -0.2) is 9.78 Å². The molecule has 7 nitrogen and oxygen atoms in total. The number of aryl methyl sites for hydroxylation is 2. The van der Waals surface area contributed by atoms with E-state index >= 15 is 0 Å². The van der Waals surface area contributed by atoms with Gasteiger partial charge in [0, 0.05) is 16.5 Å². The first-order valence-electron chi connectivity index (χ1n) is 14.5. The summed E-state index contributed by atoms with van der Waals surface area (Å²) in [6.07, 6.45) is 2.43. The number of carbonyl (C=O) groups excluding carboxylic acids is 4. The third-order valence-corrected chi connectivity index (χ3v) is 9.09. The third kappa shape index (κ3) is 5.34. The highest BCUT2D eigenvalue weighted by atomic mass is 35.5. The molecule has 1 saturated heterocycles. The Morgan fingerprint density at radius 1 is 0.930 bits per heavy atom. The number of hydrogen-bond donors (Lipinski definition) is 0. The maximum Gasteiger partial charge on any atom is 0.339 e. The molecular formula is C35H31ClN2O5. The number of ketones is 1. The molecule has 3 unspecified atom stereocenters. The van der Waals surface area contributed by atoms with Crippen LogP contribution < -0.4 is 4.90 Å². The van der Waals surface area contributed by atoms with Crippen LogP contribution in [-0.2, 0) is 14.3 Å². The summed E-state index contributed by atoms with van der Waals surface area (Å²) in [7, 11) is 0. The molecule has 1 aliphatic carbocycles. The van der Waals surface area contributed by atoms with Crippen molar-refractivity contribution in [2.45, 2.75) is 40.0 Å². The van der Waals surface area contributed by atoms with Gasteiger partial charge in [-0.1, -0.05) is 54.9 Å². The largest absolute Gasteiger partial charge is 0.454 e. The van der Waals surface area contributed by atoms with E-state index in [4.69, 9.17) is 21.3 Å². The van der Waals surface area contributed by atoms with Gasteiger partial charge in [0.15, 0.2) is 12.4 Å². The number of Topliss-reactive ketones (excluding diaryl/α,β-unsaturated/α-hetero) is 1. The Labute approximate surface area is 254 Å². The summed E-state index contributed by atoms with van der Waals surface area (Å²) in [4.78, 5) is 58.5. The Morgan fingerprint density at radius 3 is 2.42 bits per heavy atom. The molecule has 0 N–H and O–H groups in total. The first-order chi connectivity index (χ1) is 20.6. The fraction of sp³-hybridized carbons (Fsp3) is 0.286. The lowest BCUT2D eigenvalue weighted by Gasteiger charge is -2.25. The van der Waals surface area contributed by atoms with Gasteiger partial charge in [-0.3, -0.25) is 19.3 Å². The second-order valence-electron chi connectivity index (χ2n) is 11.7. The number of aromatic nitrogens is 1. The van der Waals surface area contributed by atoms with Gasteiger partial charge in [-0.15, -0.1) is 0 Å². The third-order valence-electron chi connectivity index (χ3n) is 8.78. The number of amides is 2. The van der Waals surface area contributed by atoms with Crippen molar-refractivity contribution in [2.75, 3.05) is 11.5 Å². The van der Waals surface area contributed by atoms with Crippen LogP contribution in [0.4, 0.5) is 5.69 Å². The summed E-state index contributed by atoms with van der Waals surface area (Å²) in [5, 5.41) is 0.864. The molecule has 8 heteroatoms. The summed E-state index contributed by atoms with van der Waals surface area (Å²) >= 11 is 6.49. The average Bonchev–Trinajstić information content (AvgIpc) is 3.25. The van der Waals surface area contributed by atoms with Crippen LogP contribution in [0.5, 0.6) is 0 Å². The Kier molecular flexibility index (Phi) is 7.61. The highest BCUT2D eigenvalue weighted by molar-refractivity contribution is 6.35. The van der Waals surface area contributed by atoms with Crippen LogP contribution in [0.15, 0.2) is 66.7 Å². The zero-order valence-electron chi connectivity index (χ0n) is 24.2. The van der Waals surface area contributed by atoms with E-state index in [0.717, 1.165) is 30.4 Å². The number of nitrogens with zero attached hydrogens (tertiary/aromatic N) is 2. The van der Waals surface area contributed by atoms with E-state index < -0.39 is 12.6 Å². The molecule has 0 spiro atoms. The predicted molar refractivity (Wildman–Crippen MR) is 165 cm³/mol. The summed E-state index contributed by atoms with van der Waals surface area (Å²) in [6, 6.07) is 19.1. The lowest BCUT2D eigenvalue weighted by molar-refractivity contribution is -0.122. The number of pyridine rings is 1. The van der Waals surface area contributed by atoms with Crippen molar-refractivity contribution in [3.05, 3.63) is 94.0 Å². The lowest BCUT2D eigenvalue weighted by atomic mass is 9.76. The fourth-order valence-electron chi connectivity index (χ4n) is 6.16.